The van der Waals surface area contributed by atoms with E-state index < -0.39 is 10.0 Å². The molecule has 2 aromatic rings. The fourth-order valence-electron chi connectivity index (χ4n) is 3.19. The zero-order chi connectivity index (χ0) is 18.9. The minimum Gasteiger partial charge on any atom is -0.329 e. The Morgan fingerprint density at radius 2 is 1.62 bits per heavy atom. The number of halogens is 2. The van der Waals surface area contributed by atoms with Gasteiger partial charge in [0, 0.05) is 5.56 Å². The Kier molecular flexibility index (Phi) is 5.94. The molecule has 0 aromatic heterocycles. The van der Waals surface area contributed by atoms with Crippen LogP contribution in [-0.2, 0) is 16.6 Å². The molecule has 0 saturated carbocycles. The number of sulfonamides is 1. The summed E-state index contributed by atoms with van der Waals surface area (Å²) in [6.45, 7) is 7.06. The van der Waals surface area contributed by atoms with Gasteiger partial charge in [-0.3, -0.25) is 0 Å². The Balaban J connectivity index is 1.69. The zero-order valence-corrected chi connectivity index (χ0v) is 17.3. The Morgan fingerprint density at radius 3 is 2.19 bits per heavy atom. The molecular weight excluding hydrogens is 391 g/mol. The van der Waals surface area contributed by atoms with E-state index in [2.05, 4.69) is 0 Å². The van der Waals surface area contributed by atoms with Gasteiger partial charge < -0.3 is 4.90 Å². The minimum atomic E-state index is -3.45. The normalized spacial score (nSPS) is 16.8. The van der Waals surface area contributed by atoms with Crippen molar-refractivity contribution in [3.8, 4) is 0 Å². The SMILES string of the molecule is Cc1ccc(S(=O)(=O)N2CC[NH+](Cc3c(Cl)cccc3Cl)CC2)cc1C. The van der Waals surface area contributed by atoms with Crippen molar-refractivity contribution >= 4 is 33.2 Å². The maximum Gasteiger partial charge on any atom is 0.243 e. The Hall–Kier alpha value is -1.11. The van der Waals surface area contributed by atoms with E-state index in [1.54, 1.807) is 16.4 Å². The molecule has 0 spiro atoms. The molecule has 1 saturated heterocycles. The van der Waals surface area contributed by atoms with Crippen molar-refractivity contribution in [2.24, 2.45) is 0 Å². The number of hydrogen-bond acceptors (Lipinski definition) is 2. The van der Waals surface area contributed by atoms with Gasteiger partial charge in [-0.05, 0) is 49.2 Å². The Labute approximate surface area is 165 Å². The third-order valence-electron chi connectivity index (χ3n) is 5.03. The second-order valence-electron chi connectivity index (χ2n) is 6.78. The van der Waals surface area contributed by atoms with Gasteiger partial charge in [-0.15, -0.1) is 0 Å². The third kappa shape index (κ3) is 4.07. The molecule has 0 bridgehead atoms. The maximum absolute atomic E-state index is 12.9. The highest BCUT2D eigenvalue weighted by atomic mass is 35.5. The average Bonchev–Trinajstić information content (AvgIpc) is 2.61. The predicted molar refractivity (Wildman–Crippen MR) is 106 cm³/mol. The first-order valence-corrected chi connectivity index (χ1v) is 10.8. The zero-order valence-electron chi connectivity index (χ0n) is 14.9. The third-order valence-corrected chi connectivity index (χ3v) is 7.64. The van der Waals surface area contributed by atoms with Gasteiger partial charge in [0.05, 0.1) is 41.1 Å². The van der Waals surface area contributed by atoms with Crippen LogP contribution in [-0.4, -0.2) is 38.9 Å². The highest BCUT2D eigenvalue weighted by Gasteiger charge is 2.31. The van der Waals surface area contributed by atoms with Crippen LogP contribution in [0.2, 0.25) is 10.0 Å². The van der Waals surface area contributed by atoms with Crippen molar-refractivity contribution in [2.45, 2.75) is 25.3 Å². The molecule has 1 heterocycles. The molecule has 0 amide bonds. The summed E-state index contributed by atoms with van der Waals surface area (Å²) in [6.07, 6.45) is 0. The van der Waals surface area contributed by atoms with Gasteiger partial charge in [0.2, 0.25) is 10.0 Å². The number of benzene rings is 2. The number of quaternary nitrogens is 1. The van der Waals surface area contributed by atoms with E-state index in [9.17, 15) is 8.42 Å². The molecule has 0 atom stereocenters. The minimum absolute atomic E-state index is 0.373. The Bertz CT molecular complexity index is 888. The van der Waals surface area contributed by atoms with Crippen molar-refractivity contribution in [2.75, 3.05) is 26.2 Å². The molecule has 0 unspecified atom stereocenters. The van der Waals surface area contributed by atoms with E-state index in [1.807, 2.05) is 38.1 Å². The molecule has 1 aliphatic rings. The van der Waals surface area contributed by atoms with Gasteiger partial charge in [0.1, 0.15) is 6.54 Å². The van der Waals surface area contributed by atoms with Gasteiger partial charge in [-0.25, -0.2) is 8.42 Å². The quantitative estimate of drug-likeness (QED) is 0.836. The van der Waals surface area contributed by atoms with Crippen molar-refractivity contribution in [1.82, 2.24) is 4.31 Å². The summed E-state index contributed by atoms with van der Waals surface area (Å²) in [6, 6.07) is 10.8. The molecule has 1 N–H and O–H groups in total. The summed E-state index contributed by atoms with van der Waals surface area (Å²) in [5, 5.41) is 1.32. The lowest BCUT2D eigenvalue weighted by Gasteiger charge is -2.32. The Morgan fingerprint density at radius 1 is 1.00 bits per heavy atom. The topological polar surface area (TPSA) is 41.8 Å². The van der Waals surface area contributed by atoms with Gasteiger partial charge in [0.15, 0.2) is 0 Å². The summed E-state index contributed by atoms with van der Waals surface area (Å²) >= 11 is 12.5. The molecule has 3 rings (SSSR count). The lowest BCUT2D eigenvalue weighted by molar-refractivity contribution is -0.917. The van der Waals surface area contributed by atoms with E-state index in [-0.39, 0.29) is 0 Å². The number of aryl methyl sites for hydroxylation is 2. The first-order valence-electron chi connectivity index (χ1n) is 8.63. The first kappa shape index (κ1) is 19.6. The number of nitrogens with one attached hydrogen (secondary N) is 1. The highest BCUT2D eigenvalue weighted by molar-refractivity contribution is 7.89. The average molecular weight is 414 g/mol. The van der Waals surface area contributed by atoms with Gasteiger partial charge in [-0.1, -0.05) is 35.3 Å². The van der Waals surface area contributed by atoms with Crippen LogP contribution in [0.5, 0.6) is 0 Å². The lowest BCUT2D eigenvalue weighted by Crippen LogP contribution is -3.13. The fourth-order valence-corrected chi connectivity index (χ4v) is 5.25. The molecule has 26 heavy (non-hydrogen) atoms. The molecule has 1 aliphatic heterocycles. The van der Waals surface area contributed by atoms with Crippen LogP contribution in [0.15, 0.2) is 41.3 Å². The highest BCUT2D eigenvalue weighted by Crippen LogP contribution is 2.23. The van der Waals surface area contributed by atoms with Crippen molar-refractivity contribution < 1.29 is 13.3 Å². The number of hydrogen-bond donors (Lipinski definition) is 1. The van der Waals surface area contributed by atoms with Gasteiger partial charge in [-0.2, -0.15) is 4.31 Å². The second-order valence-corrected chi connectivity index (χ2v) is 9.53. The fraction of sp³-hybridized carbons (Fsp3) is 0.368. The predicted octanol–water partition coefficient (Wildman–Crippen LogP) is 2.70. The maximum atomic E-state index is 12.9. The summed E-state index contributed by atoms with van der Waals surface area (Å²) in [5.74, 6) is 0. The van der Waals surface area contributed by atoms with Gasteiger partial charge in [0.25, 0.3) is 0 Å². The van der Waals surface area contributed by atoms with Crippen LogP contribution in [0, 0.1) is 13.8 Å². The summed E-state index contributed by atoms with van der Waals surface area (Å²) in [7, 11) is -3.45. The van der Waals surface area contributed by atoms with E-state index >= 15 is 0 Å². The van der Waals surface area contributed by atoms with Crippen molar-refractivity contribution in [1.29, 1.82) is 0 Å². The van der Waals surface area contributed by atoms with Crippen LogP contribution in [0.25, 0.3) is 0 Å². The van der Waals surface area contributed by atoms with Crippen LogP contribution in [0.4, 0.5) is 0 Å². The second kappa shape index (κ2) is 7.87. The van der Waals surface area contributed by atoms with Gasteiger partial charge >= 0.3 is 0 Å². The molecule has 140 valence electrons. The molecule has 2 aromatic carbocycles. The standard InChI is InChI=1S/C19H22Cl2N2O2S/c1-14-6-7-16(12-15(14)2)26(24,25)23-10-8-22(9-11-23)13-17-18(20)4-3-5-19(17)21/h3-7,12H,8-11,13H2,1-2H3/p+1. The van der Waals surface area contributed by atoms with Crippen LogP contribution < -0.4 is 4.90 Å². The molecule has 0 aliphatic carbocycles. The summed E-state index contributed by atoms with van der Waals surface area (Å²) in [5.41, 5.74) is 3.01. The molecule has 1 fully saturated rings. The number of rotatable bonds is 4. The van der Waals surface area contributed by atoms with Crippen LogP contribution in [0.3, 0.4) is 0 Å². The molecule has 7 heteroatoms. The monoisotopic (exact) mass is 413 g/mol. The van der Waals surface area contributed by atoms with Crippen LogP contribution >= 0.6 is 23.2 Å². The first-order chi connectivity index (χ1) is 12.3. The van der Waals surface area contributed by atoms with E-state index in [1.165, 1.54) is 4.90 Å². The number of piperazine rings is 1. The van der Waals surface area contributed by atoms with Crippen molar-refractivity contribution in [3.63, 3.8) is 0 Å². The largest absolute Gasteiger partial charge is 0.329 e. The smallest absolute Gasteiger partial charge is 0.243 e. The van der Waals surface area contributed by atoms with Crippen LogP contribution in [0.1, 0.15) is 16.7 Å². The molecule has 4 nitrogen and oxygen atoms in total. The van der Waals surface area contributed by atoms with E-state index in [4.69, 9.17) is 23.2 Å². The van der Waals surface area contributed by atoms with E-state index in [0.717, 1.165) is 29.8 Å². The van der Waals surface area contributed by atoms with E-state index in [0.29, 0.717) is 34.6 Å². The summed E-state index contributed by atoms with van der Waals surface area (Å²) in [4.78, 5) is 1.66. The number of nitrogens with zero attached hydrogens (tertiary/aromatic N) is 1. The lowest BCUT2D eigenvalue weighted by atomic mass is 10.1. The molecule has 0 radical (unpaired) electrons. The van der Waals surface area contributed by atoms with Crippen molar-refractivity contribution in [3.05, 3.63) is 63.1 Å². The summed E-state index contributed by atoms with van der Waals surface area (Å²) < 4.78 is 27.4. The molecular formula is C19H23Cl2N2O2S+.